The summed E-state index contributed by atoms with van der Waals surface area (Å²) in [6.45, 7) is 2.28. The highest BCUT2D eigenvalue weighted by atomic mass is 16.2. The molecule has 120 valence electrons. The second-order valence-corrected chi connectivity index (χ2v) is 6.64. The van der Waals surface area contributed by atoms with Crippen LogP contribution in [0.4, 0.5) is 4.79 Å². The van der Waals surface area contributed by atoms with E-state index in [-0.39, 0.29) is 24.4 Å². The van der Waals surface area contributed by atoms with Crippen LogP contribution in [-0.2, 0) is 11.3 Å². The van der Waals surface area contributed by atoms with Crippen LogP contribution in [0.1, 0.15) is 38.3 Å². The van der Waals surface area contributed by atoms with Crippen molar-refractivity contribution in [1.82, 2.24) is 19.6 Å². The van der Waals surface area contributed by atoms with Crippen LogP contribution in [0.15, 0.2) is 30.6 Å². The quantitative estimate of drug-likeness (QED) is 0.866. The number of imide groups is 1. The summed E-state index contributed by atoms with van der Waals surface area (Å²) < 4.78 is 1.90. The first-order valence-corrected chi connectivity index (χ1v) is 8.17. The molecule has 2 fully saturated rings. The molecule has 4 rings (SSSR count). The minimum Gasteiger partial charge on any atom is -0.323 e. The number of rotatable bonds is 2. The van der Waals surface area contributed by atoms with E-state index in [0.717, 1.165) is 37.0 Å². The van der Waals surface area contributed by atoms with Crippen LogP contribution < -0.4 is 5.32 Å². The van der Waals surface area contributed by atoms with Gasteiger partial charge in [-0.05, 0) is 30.9 Å². The number of urea groups is 1. The van der Waals surface area contributed by atoms with Crippen molar-refractivity contribution in [2.75, 3.05) is 0 Å². The lowest BCUT2D eigenvalue weighted by atomic mass is 9.73. The summed E-state index contributed by atoms with van der Waals surface area (Å²) in [5.41, 5.74) is 0.838. The number of hydrogen-bond acceptors (Lipinski definition) is 3. The lowest BCUT2D eigenvalue weighted by Crippen LogP contribution is -2.53. The summed E-state index contributed by atoms with van der Waals surface area (Å²) in [5, 5.41) is 2.98. The topological polar surface area (TPSA) is 66.7 Å². The Hall–Kier alpha value is -2.37. The standard InChI is InChI=1S/C17H20N4O2/c1-12-6-2-4-8-17(12)15(22)21(16(23)19-17)11-13-10-20-9-5-3-7-14(20)18-13/h3,5,7,9-10,12H,2,4,6,8,11H2,1H3,(H,19,23). The molecule has 1 aliphatic heterocycles. The lowest BCUT2D eigenvalue weighted by Gasteiger charge is -2.36. The van der Waals surface area contributed by atoms with Crippen LogP contribution >= 0.6 is 0 Å². The molecule has 1 spiro atoms. The average molecular weight is 312 g/mol. The van der Waals surface area contributed by atoms with Crippen molar-refractivity contribution in [2.45, 2.75) is 44.7 Å². The summed E-state index contributed by atoms with van der Waals surface area (Å²) in [6, 6.07) is 5.45. The molecule has 2 aromatic rings. The number of nitrogens with zero attached hydrogens (tertiary/aromatic N) is 3. The Labute approximate surface area is 134 Å². The maximum atomic E-state index is 12.9. The highest BCUT2D eigenvalue weighted by Gasteiger charge is 2.54. The Morgan fingerprint density at radius 1 is 1.35 bits per heavy atom. The number of fused-ring (bicyclic) bond motifs is 1. The number of nitrogens with one attached hydrogen (secondary N) is 1. The Morgan fingerprint density at radius 2 is 2.22 bits per heavy atom. The zero-order valence-corrected chi connectivity index (χ0v) is 13.2. The van der Waals surface area contributed by atoms with Crippen LogP contribution in [-0.4, -0.2) is 31.8 Å². The molecule has 1 N–H and O–H groups in total. The third kappa shape index (κ3) is 2.12. The first-order chi connectivity index (χ1) is 11.1. The number of carbonyl (C=O) groups excluding carboxylic acids is 2. The fourth-order valence-corrected chi connectivity index (χ4v) is 3.86. The second kappa shape index (κ2) is 5.08. The molecule has 1 aliphatic carbocycles. The number of aromatic nitrogens is 2. The average Bonchev–Trinajstić information content (AvgIpc) is 3.05. The minimum absolute atomic E-state index is 0.0910. The molecule has 0 aromatic carbocycles. The Morgan fingerprint density at radius 3 is 3.00 bits per heavy atom. The monoisotopic (exact) mass is 312 g/mol. The van der Waals surface area contributed by atoms with Crippen molar-refractivity contribution in [3.8, 4) is 0 Å². The molecule has 6 nitrogen and oxygen atoms in total. The maximum absolute atomic E-state index is 12.9. The number of amides is 3. The normalized spacial score (nSPS) is 27.9. The van der Waals surface area contributed by atoms with Crippen molar-refractivity contribution in [2.24, 2.45) is 5.92 Å². The second-order valence-electron chi connectivity index (χ2n) is 6.64. The SMILES string of the molecule is CC1CCCCC12NC(=O)N(Cc1cn3ccccc3n1)C2=O. The molecule has 1 saturated carbocycles. The molecule has 0 bridgehead atoms. The molecule has 0 radical (unpaired) electrons. The predicted octanol–water partition coefficient (Wildman–Crippen LogP) is 2.33. The van der Waals surface area contributed by atoms with Gasteiger partial charge < -0.3 is 9.72 Å². The van der Waals surface area contributed by atoms with Crippen molar-refractivity contribution in [1.29, 1.82) is 0 Å². The highest BCUT2D eigenvalue weighted by Crippen LogP contribution is 2.38. The Bertz CT molecular complexity index is 751. The number of imidazole rings is 1. The van der Waals surface area contributed by atoms with Gasteiger partial charge in [0.05, 0.1) is 12.2 Å². The van der Waals surface area contributed by atoms with Gasteiger partial charge in [0.2, 0.25) is 0 Å². The van der Waals surface area contributed by atoms with E-state index >= 15 is 0 Å². The molecule has 3 heterocycles. The molecule has 2 atom stereocenters. The van der Waals surface area contributed by atoms with Crippen LogP contribution in [0.25, 0.3) is 5.65 Å². The van der Waals surface area contributed by atoms with Gasteiger partial charge in [0.15, 0.2) is 0 Å². The van der Waals surface area contributed by atoms with E-state index < -0.39 is 5.54 Å². The van der Waals surface area contributed by atoms with Crippen LogP contribution in [0.5, 0.6) is 0 Å². The number of pyridine rings is 1. The fourth-order valence-electron chi connectivity index (χ4n) is 3.86. The van der Waals surface area contributed by atoms with E-state index in [9.17, 15) is 9.59 Å². The zero-order chi connectivity index (χ0) is 16.0. The van der Waals surface area contributed by atoms with E-state index in [2.05, 4.69) is 17.2 Å². The van der Waals surface area contributed by atoms with Crippen molar-refractivity contribution >= 4 is 17.6 Å². The summed E-state index contributed by atoms with van der Waals surface area (Å²) in [7, 11) is 0. The third-order valence-corrected chi connectivity index (χ3v) is 5.24. The Kier molecular flexibility index (Phi) is 3.14. The number of hydrogen-bond donors (Lipinski definition) is 1. The molecular weight excluding hydrogens is 292 g/mol. The van der Waals surface area contributed by atoms with Gasteiger partial charge in [-0.25, -0.2) is 9.78 Å². The van der Waals surface area contributed by atoms with Crippen molar-refractivity contribution < 1.29 is 9.59 Å². The van der Waals surface area contributed by atoms with Gasteiger partial charge in [-0.1, -0.05) is 25.8 Å². The van der Waals surface area contributed by atoms with Crippen LogP contribution in [0, 0.1) is 5.92 Å². The molecule has 3 amide bonds. The summed E-state index contributed by atoms with van der Waals surface area (Å²) >= 11 is 0. The zero-order valence-electron chi connectivity index (χ0n) is 13.2. The molecule has 2 unspecified atom stereocenters. The van der Waals surface area contributed by atoms with E-state index in [1.807, 2.05) is 35.0 Å². The van der Waals surface area contributed by atoms with E-state index in [1.165, 1.54) is 4.90 Å². The van der Waals surface area contributed by atoms with Crippen LogP contribution in [0.3, 0.4) is 0 Å². The largest absolute Gasteiger partial charge is 0.325 e. The van der Waals surface area contributed by atoms with Crippen LogP contribution in [0.2, 0.25) is 0 Å². The molecular formula is C17H20N4O2. The van der Waals surface area contributed by atoms with Crippen molar-refractivity contribution in [3.63, 3.8) is 0 Å². The summed E-state index contributed by atoms with van der Waals surface area (Å²) in [5.74, 6) is 0.0884. The smallest absolute Gasteiger partial charge is 0.323 e. The third-order valence-electron chi connectivity index (χ3n) is 5.24. The van der Waals surface area contributed by atoms with Gasteiger partial charge >= 0.3 is 6.03 Å². The fraction of sp³-hybridized carbons (Fsp3) is 0.471. The van der Waals surface area contributed by atoms with Gasteiger partial charge in [-0.3, -0.25) is 9.69 Å². The lowest BCUT2D eigenvalue weighted by molar-refractivity contribution is -0.134. The van der Waals surface area contributed by atoms with Gasteiger partial charge in [-0.2, -0.15) is 0 Å². The summed E-state index contributed by atoms with van der Waals surface area (Å²) in [6.07, 6.45) is 7.60. The van der Waals surface area contributed by atoms with Gasteiger partial charge in [0.1, 0.15) is 11.2 Å². The van der Waals surface area contributed by atoms with Gasteiger partial charge in [-0.15, -0.1) is 0 Å². The minimum atomic E-state index is -0.700. The predicted molar refractivity (Wildman–Crippen MR) is 84.6 cm³/mol. The number of carbonyl (C=O) groups is 2. The van der Waals surface area contributed by atoms with Gasteiger partial charge in [0.25, 0.3) is 5.91 Å². The van der Waals surface area contributed by atoms with Gasteiger partial charge in [0, 0.05) is 12.4 Å². The first kappa shape index (κ1) is 14.2. The first-order valence-electron chi connectivity index (χ1n) is 8.17. The molecule has 2 aromatic heterocycles. The Balaban J connectivity index is 1.61. The maximum Gasteiger partial charge on any atom is 0.325 e. The highest BCUT2D eigenvalue weighted by molar-refractivity contribution is 6.07. The molecule has 6 heteroatoms. The molecule has 1 saturated heterocycles. The molecule has 23 heavy (non-hydrogen) atoms. The summed E-state index contributed by atoms with van der Waals surface area (Å²) in [4.78, 5) is 31.1. The van der Waals surface area contributed by atoms with Crippen molar-refractivity contribution in [3.05, 3.63) is 36.3 Å². The molecule has 2 aliphatic rings. The van der Waals surface area contributed by atoms with E-state index in [0.29, 0.717) is 0 Å². The van der Waals surface area contributed by atoms with E-state index in [1.54, 1.807) is 0 Å². The van der Waals surface area contributed by atoms with E-state index in [4.69, 9.17) is 0 Å².